The Labute approximate surface area is 175 Å². The van der Waals surface area contributed by atoms with Crippen LogP contribution in [0.15, 0.2) is 42.5 Å². The van der Waals surface area contributed by atoms with E-state index >= 15 is 0 Å². The van der Waals surface area contributed by atoms with E-state index in [1.54, 1.807) is 0 Å². The predicted molar refractivity (Wildman–Crippen MR) is 113 cm³/mol. The Morgan fingerprint density at radius 1 is 1.21 bits per heavy atom. The van der Waals surface area contributed by atoms with Crippen LogP contribution in [0.5, 0.6) is 0 Å². The summed E-state index contributed by atoms with van der Waals surface area (Å²) in [6, 6.07) is 12.6. The number of benzene rings is 2. The van der Waals surface area contributed by atoms with Crippen molar-refractivity contribution in [2.45, 2.75) is 18.3 Å². The lowest BCUT2D eigenvalue weighted by Gasteiger charge is -2.39. The Hall–Kier alpha value is -2.15. The molecule has 0 bridgehead atoms. The van der Waals surface area contributed by atoms with Gasteiger partial charge in [0, 0.05) is 29.9 Å². The van der Waals surface area contributed by atoms with Crippen LogP contribution in [0.1, 0.15) is 18.4 Å². The zero-order chi connectivity index (χ0) is 20.4. The Morgan fingerprint density at radius 3 is 2.69 bits per heavy atom. The van der Waals surface area contributed by atoms with Crippen LogP contribution in [-0.2, 0) is 10.2 Å². The minimum atomic E-state index is -0.502. The van der Waals surface area contributed by atoms with E-state index in [1.165, 1.54) is 29.4 Å². The number of rotatable bonds is 5. The van der Waals surface area contributed by atoms with Crippen molar-refractivity contribution in [1.29, 1.82) is 0 Å². The molecule has 0 saturated carbocycles. The highest BCUT2D eigenvalue weighted by Gasteiger charge is 2.44. The van der Waals surface area contributed by atoms with Gasteiger partial charge in [-0.25, -0.2) is 4.39 Å². The second-order valence-electron chi connectivity index (χ2n) is 7.90. The van der Waals surface area contributed by atoms with Crippen molar-refractivity contribution < 1.29 is 14.3 Å². The molecule has 0 aromatic heterocycles. The molecule has 2 aliphatic heterocycles. The zero-order valence-electron chi connectivity index (χ0n) is 16.2. The van der Waals surface area contributed by atoms with Gasteiger partial charge >= 0.3 is 0 Å². The number of carbonyl (C=O) groups is 1. The van der Waals surface area contributed by atoms with E-state index in [2.05, 4.69) is 33.3 Å². The first kappa shape index (κ1) is 20.1. The Balaban J connectivity index is 1.37. The average molecular weight is 418 g/mol. The second-order valence-corrected chi connectivity index (χ2v) is 8.30. The highest BCUT2D eigenvalue weighted by Crippen LogP contribution is 2.46. The predicted octanol–water partition coefficient (Wildman–Crippen LogP) is 3.26. The summed E-state index contributed by atoms with van der Waals surface area (Å²) in [5.74, 6) is -0.629. The summed E-state index contributed by atoms with van der Waals surface area (Å²) in [7, 11) is 0. The Morgan fingerprint density at radius 2 is 1.97 bits per heavy atom. The van der Waals surface area contributed by atoms with Gasteiger partial charge in [0.05, 0.1) is 18.2 Å². The number of likely N-dealkylation sites (tertiary alicyclic amines) is 1. The minimum absolute atomic E-state index is 0.00459. The third-order valence-corrected chi connectivity index (χ3v) is 6.35. The lowest BCUT2D eigenvalue weighted by molar-refractivity contribution is -0.117. The van der Waals surface area contributed by atoms with E-state index in [1.807, 2.05) is 6.07 Å². The number of hydrogen-bond acceptors (Lipinski definition) is 4. The number of amides is 1. The number of aliphatic hydroxyl groups excluding tert-OH is 1. The van der Waals surface area contributed by atoms with Gasteiger partial charge in [-0.1, -0.05) is 29.8 Å². The molecule has 1 saturated heterocycles. The number of nitrogens with one attached hydrogen (secondary N) is 1. The normalized spacial score (nSPS) is 18.1. The van der Waals surface area contributed by atoms with Crippen molar-refractivity contribution in [3.8, 4) is 0 Å². The standard InChI is InChI=1S/C22H25ClFN3O2/c23-18-13-16(5-6-19(18)24)25-21(29)14-26-9-7-22(8-10-26)15-27(11-12-28)20-4-2-1-3-17(20)22/h1-6,13,28H,7-12,14-15H2,(H,25,29). The molecule has 2 heterocycles. The molecule has 0 radical (unpaired) electrons. The highest BCUT2D eigenvalue weighted by molar-refractivity contribution is 6.31. The highest BCUT2D eigenvalue weighted by atomic mass is 35.5. The summed E-state index contributed by atoms with van der Waals surface area (Å²) in [4.78, 5) is 16.8. The largest absolute Gasteiger partial charge is 0.395 e. The van der Waals surface area contributed by atoms with Crippen LogP contribution in [0, 0.1) is 5.82 Å². The van der Waals surface area contributed by atoms with E-state index in [0.717, 1.165) is 32.5 Å². The molecule has 1 spiro atoms. The van der Waals surface area contributed by atoms with Gasteiger partial charge in [-0.3, -0.25) is 9.69 Å². The molecule has 29 heavy (non-hydrogen) atoms. The van der Waals surface area contributed by atoms with E-state index in [9.17, 15) is 14.3 Å². The summed E-state index contributed by atoms with van der Waals surface area (Å²) >= 11 is 5.78. The van der Waals surface area contributed by atoms with E-state index in [4.69, 9.17) is 11.6 Å². The molecule has 2 aromatic carbocycles. The third kappa shape index (κ3) is 4.10. The van der Waals surface area contributed by atoms with Crippen LogP contribution >= 0.6 is 11.6 Å². The second kappa shape index (κ2) is 8.30. The summed E-state index contributed by atoms with van der Waals surface area (Å²) in [5, 5.41) is 12.2. The quantitative estimate of drug-likeness (QED) is 0.784. The van der Waals surface area contributed by atoms with E-state index in [0.29, 0.717) is 18.8 Å². The fraction of sp³-hybridized carbons (Fsp3) is 0.409. The van der Waals surface area contributed by atoms with Gasteiger partial charge in [0.1, 0.15) is 5.82 Å². The molecule has 154 valence electrons. The summed E-state index contributed by atoms with van der Waals surface area (Å²) in [5.41, 5.74) is 3.17. The number of aliphatic hydroxyl groups is 1. The van der Waals surface area contributed by atoms with Gasteiger partial charge in [0.2, 0.25) is 5.91 Å². The summed E-state index contributed by atoms with van der Waals surface area (Å²) in [6.45, 7) is 3.67. The van der Waals surface area contributed by atoms with Gasteiger partial charge in [0.25, 0.3) is 0 Å². The van der Waals surface area contributed by atoms with Crippen LogP contribution < -0.4 is 10.2 Å². The number of nitrogens with zero attached hydrogens (tertiary/aromatic N) is 2. The fourth-order valence-electron chi connectivity index (χ4n) is 4.60. The first-order valence-electron chi connectivity index (χ1n) is 9.93. The molecule has 0 atom stereocenters. The zero-order valence-corrected chi connectivity index (χ0v) is 17.0. The molecule has 1 fully saturated rings. The van der Waals surface area contributed by atoms with Crippen LogP contribution in [0.25, 0.3) is 0 Å². The molecule has 2 N–H and O–H groups in total. The van der Waals surface area contributed by atoms with Crippen LogP contribution in [0.4, 0.5) is 15.8 Å². The maximum atomic E-state index is 13.3. The van der Waals surface area contributed by atoms with Crippen molar-refractivity contribution in [3.63, 3.8) is 0 Å². The van der Waals surface area contributed by atoms with Crippen LogP contribution in [0.3, 0.4) is 0 Å². The topological polar surface area (TPSA) is 55.8 Å². The number of halogens is 2. The SMILES string of the molecule is O=C(CN1CCC2(CC1)CN(CCO)c1ccccc12)Nc1ccc(F)c(Cl)c1. The summed E-state index contributed by atoms with van der Waals surface area (Å²) < 4.78 is 13.3. The maximum absolute atomic E-state index is 13.3. The number of para-hydroxylation sites is 1. The lowest BCUT2D eigenvalue weighted by Crippen LogP contribution is -2.47. The van der Waals surface area contributed by atoms with Crippen LogP contribution in [0.2, 0.25) is 5.02 Å². The van der Waals surface area contributed by atoms with Gasteiger partial charge in [-0.05, 0) is 55.8 Å². The van der Waals surface area contributed by atoms with Gasteiger partial charge < -0.3 is 15.3 Å². The average Bonchev–Trinajstić information content (AvgIpc) is 3.01. The number of piperidine rings is 1. The molecule has 2 aromatic rings. The molecular weight excluding hydrogens is 393 g/mol. The first-order chi connectivity index (χ1) is 14.0. The van der Waals surface area contributed by atoms with Crippen molar-refractivity contribution >= 4 is 28.9 Å². The van der Waals surface area contributed by atoms with Gasteiger partial charge in [-0.2, -0.15) is 0 Å². The minimum Gasteiger partial charge on any atom is -0.395 e. The number of hydrogen-bond donors (Lipinski definition) is 2. The number of fused-ring (bicyclic) bond motifs is 2. The molecule has 5 nitrogen and oxygen atoms in total. The fourth-order valence-corrected chi connectivity index (χ4v) is 4.78. The van der Waals surface area contributed by atoms with Gasteiger partial charge in [0.15, 0.2) is 0 Å². The molecule has 4 rings (SSSR count). The third-order valence-electron chi connectivity index (χ3n) is 6.06. The number of carbonyl (C=O) groups excluding carboxylic acids is 1. The van der Waals surface area contributed by atoms with Crippen molar-refractivity contribution in [3.05, 3.63) is 58.9 Å². The number of anilines is 2. The Bertz CT molecular complexity index is 899. The smallest absolute Gasteiger partial charge is 0.238 e. The van der Waals surface area contributed by atoms with E-state index < -0.39 is 5.82 Å². The molecule has 7 heteroatoms. The van der Waals surface area contributed by atoms with Gasteiger partial charge in [-0.15, -0.1) is 0 Å². The molecule has 2 aliphatic rings. The summed E-state index contributed by atoms with van der Waals surface area (Å²) in [6.07, 6.45) is 1.95. The first-order valence-corrected chi connectivity index (χ1v) is 10.3. The molecular formula is C22H25ClFN3O2. The van der Waals surface area contributed by atoms with Crippen molar-refractivity contribution in [2.24, 2.45) is 0 Å². The van der Waals surface area contributed by atoms with Crippen molar-refractivity contribution in [1.82, 2.24) is 4.90 Å². The monoisotopic (exact) mass is 417 g/mol. The van der Waals surface area contributed by atoms with E-state index in [-0.39, 0.29) is 23.0 Å². The molecule has 0 unspecified atom stereocenters. The van der Waals surface area contributed by atoms with Crippen LogP contribution in [-0.4, -0.2) is 55.2 Å². The lowest BCUT2D eigenvalue weighted by atomic mass is 9.74. The Kier molecular flexibility index (Phi) is 5.76. The number of β-amino-alcohol motifs (C(OH)–C–C–N with tert-alkyl or cyclic N) is 1. The molecule has 0 aliphatic carbocycles. The van der Waals surface area contributed by atoms with Crippen molar-refractivity contribution in [2.75, 3.05) is 49.5 Å². The molecule has 1 amide bonds. The maximum Gasteiger partial charge on any atom is 0.238 e.